The van der Waals surface area contributed by atoms with E-state index in [9.17, 15) is 8.42 Å². The summed E-state index contributed by atoms with van der Waals surface area (Å²) in [5, 5.41) is 8.66. The number of hydrogen-bond donors (Lipinski definition) is 3. The number of nitrogens with two attached hydrogens (primary N) is 2. The van der Waals surface area contributed by atoms with Gasteiger partial charge in [-0.2, -0.15) is 0 Å². The molecule has 0 saturated carbocycles. The molecule has 0 saturated heterocycles. The quantitative estimate of drug-likeness (QED) is 0.757. The lowest BCUT2D eigenvalue weighted by Gasteiger charge is -2.09. The second kappa shape index (κ2) is 5.08. The Morgan fingerprint density at radius 3 is 2.42 bits per heavy atom. The largest absolute Gasteiger partial charge is 0.399 e. The summed E-state index contributed by atoms with van der Waals surface area (Å²) in [6.07, 6.45) is 0. The Labute approximate surface area is 116 Å². The second-order valence-corrected chi connectivity index (χ2v) is 5.97. The number of sulfonamides is 1. The van der Waals surface area contributed by atoms with Crippen LogP contribution >= 0.6 is 11.6 Å². The van der Waals surface area contributed by atoms with Crippen molar-refractivity contribution in [3.63, 3.8) is 0 Å². The van der Waals surface area contributed by atoms with Gasteiger partial charge in [0, 0.05) is 22.1 Å². The van der Waals surface area contributed by atoms with Crippen molar-refractivity contribution >= 4 is 38.7 Å². The van der Waals surface area contributed by atoms with E-state index < -0.39 is 10.0 Å². The number of hydrogen-bond acceptors (Lipinski definition) is 4. The maximum atomic E-state index is 11.3. The van der Waals surface area contributed by atoms with Gasteiger partial charge in [0.25, 0.3) is 0 Å². The highest BCUT2D eigenvalue weighted by Gasteiger charge is 2.10. The predicted octanol–water partition coefficient (Wildman–Crippen LogP) is 2.31. The molecule has 0 unspecified atom stereocenters. The molecule has 0 fully saturated rings. The van der Waals surface area contributed by atoms with Crippen LogP contribution in [0, 0.1) is 0 Å². The molecule has 0 bridgehead atoms. The van der Waals surface area contributed by atoms with Crippen LogP contribution in [0.3, 0.4) is 0 Å². The van der Waals surface area contributed by atoms with E-state index in [1.54, 1.807) is 30.3 Å². The maximum Gasteiger partial charge on any atom is 0.238 e. The predicted molar refractivity (Wildman–Crippen MR) is 77.0 cm³/mol. The molecule has 0 amide bonds. The average Bonchev–Trinajstić information content (AvgIpc) is 2.26. The standard InChI is InChI=1S/C12H12ClN3O2S/c13-8-2-1-3-10(4-8)16-11-5-9(14)6-12(7-11)19(15,17)18/h1-7,16H,14H2,(H2,15,17,18). The first-order valence-corrected chi connectivity index (χ1v) is 7.23. The lowest BCUT2D eigenvalue weighted by molar-refractivity contribution is 0.598. The fourth-order valence-electron chi connectivity index (χ4n) is 1.59. The van der Waals surface area contributed by atoms with Crippen LogP contribution in [-0.4, -0.2) is 8.42 Å². The van der Waals surface area contributed by atoms with Crippen molar-refractivity contribution in [2.75, 3.05) is 11.1 Å². The van der Waals surface area contributed by atoms with E-state index in [4.69, 9.17) is 22.5 Å². The van der Waals surface area contributed by atoms with Crippen molar-refractivity contribution in [1.29, 1.82) is 0 Å². The van der Waals surface area contributed by atoms with E-state index >= 15 is 0 Å². The minimum Gasteiger partial charge on any atom is -0.399 e. The monoisotopic (exact) mass is 297 g/mol. The number of anilines is 3. The Balaban J connectivity index is 2.38. The minimum atomic E-state index is -3.79. The molecule has 0 heterocycles. The zero-order valence-electron chi connectivity index (χ0n) is 9.80. The molecule has 0 aliphatic heterocycles. The number of benzene rings is 2. The summed E-state index contributed by atoms with van der Waals surface area (Å²) in [6, 6.07) is 11.3. The fourth-order valence-corrected chi connectivity index (χ4v) is 2.37. The summed E-state index contributed by atoms with van der Waals surface area (Å²) in [7, 11) is -3.79. The Bertz CT molecular complexity index is 717. The van der Waals surface area contributed by atoms with E-state index in [-0.39, 0.29) is 4.90 Å². The zero-order valence-corrected chi connectivity index (χ0v) is 11.4. The van der Waals surface area contributed by atoms with E-state index in [1.807, 2.05) is 0 Å². The molecule has 5 N–H and O–H groups in total. The molecule has 0 spiro atoms. The van der Waals surface area contributed by atoms with Crippen LogP contribution in [-0.2, 0) is 10.0 Å². The van der Waals surface area contributed by atoms with Gasteiger partial charge in [-0.3, -0.25) is 0 Å². The SMILES string of the molecule is Nc1cc(Nc2cccc(Cl)c2)cc(S(N)(=O)=O)c1. The molecule has 0 aliphatic carbocycles. The molecule has 2 aromatic rings. The molecule has 0 radical (unpaired) electrons. The highest BCUT2D eigenvalue weighted by Crippen LogP contribution is 2.24. The fraction of sp³-hybridized carbons (Fsp3) is 0. The number of primary sulfonamides is 1. The highest BCUT2D eigenvalue weighted by atomic mass is 35.5. The minimum absolute atomic E-state index is 0.0444. The smallest absolute Gasteiger partial charge is 0.238 e. The number of halogens is 1. The Morgan fingerprint density at radius 2 is 1.79 bits per heavy atom. The molecule has 0 atom stereocenters. The normalized spacial score (nSPS) is 11.3. The molecule has 2 aromatic carbocycles. The van der Waals surface area contributed by atoms with Gasteiger partial charge in [0.2, 0.25) is 10.0 Å². The molecule has 0 aliphatic rings. The third-order valence-corrected chi connectivity index (χ3v) is 3.50. The van der Waals surface area contributed by atoms with Crippen LogP contribution < -0.4 is 16.2 Å². The lowest BCUT2D eigenvalue weighted by atomic mass is 10.2. The topological polar surface area (TPSA) is 98.2 Å². The second-order valence-electron chi connectivity index (χ2n) is 3.97. The third-order valence-electron chi connectivity index (χ3n) is 2.37. The van der Waals surface area contributed by atoms with Crippen LogP contribution in [0.15, 0.2) is 47.4 Å². The molecule has 5 nitrogen and oxygen atoms in total. The highest BCUT2D eigenvalue weighted by molar-refractivity contribution is 7.89. The summed E-state index contributed by atoms with van der Waals surface area (Å²) in [5.74, 6) is 0. The molecular formula is C12H12ClN3O2S. The van der Waals surface area contributed by atoms with Gasteiger partial charge in [0.15, 0.2) is 0 Å². The van der Waals surface area contributed by atoms with Crippen molar-refractivity contribution in [1.82, 2.24) is 0 Å². The Morgan fingerprint density at radius 1 is 1.05 bits per heavy atom. The summed E-state index contributed by atoms with van der Waals surface area (Å²) in [6.45, 7) is 0. The van der Waals surface area contributed by atoms with Crippen LogP contribution in [0.2, 0.25) is 5.02 Å². The molecule has 0 aromatic heterocycles. The van der Waals surface area contributed by atoms with E-state index in [0.717, 1.165) is 5.69 Å². The molecule has 19 heavy (non-hydrogen) atoms. The number of nitrogens with one attached hydrogen (secondary N) is 1. The molecule has 100 valence electrons. The van der Waals surface area contributed by atoms with Crippen LogP contribution in [0.4, 0.5) is 17.1 Å². The Kier molecular flexibility index (Phi) is 3.66. The zero-order chi connectivity index (χ0) is 14.0. The van der Waals surface area contributed by atoms with Crippen LogP contribution in [0.25, 0.3) is 0 Å². The lowest BCUT2D eigenvalue weighted by Crippen LogP contribution is -2.12. The van der Waals surface area contributed by atoms with Crippen molar-refractivity contribution in [3.05, 3.63) is 47.5 Å². The van der Waals surface area contributed by atoms with Crippen molar-refractivity contribution in [3.8, 4) is 0 Å². The van der Waals surface area contributed by atoms with Gasteiger partial charge in [-0.15, -0.1) is 0 Å². The van der Waals surface area contributed by atoms with Gasteiger partial charge in [-0.25, -0.2) is 13.6 Å². The number of nitrogen functional groups attached to an aromatic ring is 1. The van der Waals surface area contributed by atoms with Gasteiger partial charge >= 0.3 is 0 Å². The summed E-state index contributed by atoms with van der Waals surface area (Å²) >= 11 is 5.87. The summed E-state index contributed by atoms with van der Waals surface area (Å²) in [4.78, 5) is -0.0444. The van der Waals surface area contributed by atoms with Crippen molar-refractivity contribution < 1.29 is 8.42 Å². The van der Waals surface area contributed by atoms with E-state index in [2.05, 4.69) is 5.32 Å². The van der Waals surface area contributed by atoms with Crippen molar-refractivity contribution in [2.45, 2.75) is 4.90 Å². The van der Waals surface area contributed by atoms with E-state index in [1.165, 1.54) is 12.1 Å². The van der Waals surface area contributed by atoms with Gasteiger partial charge in [0.05, 0.1) is 4.90 Å². The van der Waals surface area contributed by atoms with Gasteiger partial charge < -0.3 is 11.1 Å². The Hall–Kier alpha value is -1.76. The van der Waals surface area contributed by atoms with Gasteiger partial charge in [-0.05, 0) is 36.4 Å². The van der Waals surface area contributed by atoms with Gasteiger partial charge in [0.1, 0.15) is 0 Å². The third kappa shape index (κ3) is 3.60. The molecule has 2 rings (SSSR count). The first-order valence-electron chi connectivity index (χ1n) is 5.30. The number of rotatable bonds is 3. The average molecular weight is 298 g/mol. The van der Waals surface area contributed by atoms with Crippen LogP contribution in [0.1, 0.15) is 0 Å². The summed E-state index contributed by atoms with van der Waals surface area (Å²) in [5.41, 5.74) is 7.20. The van der Waals surface area contributed by atoms with Crippen LogP contribution in [0.5, 0.6) is 0 Å². The van der Waals surface area contributed by atoms with Gasteiger partial charge in [-0.1, -0.05) is 17.7 Å². The maximum absolute atomic E-state index is 11.3. The first kappa shape index (κ1) is 13.7. The van der Waals surface area contributed by atoms with E-state index in [0.29, 0.717) is 16.4 Å². The van der Waals surface area contributed by atoms with Crippen molar-refractivity contribution in [2.24, 2.45) is 5.14 Å². The first-order chi connectivity index (χ1) is 8.84. The molecule has 7 heteroatoms. The molecular weight excluding hydrogens is 286 g/mol. The summed E-state index contributed by atoms with van der Waals surface area (Å²) < 4.78 is 22.6.